The summed E-state index contributed by atoms with van der Waals surface area (Å²) in [6.07, 6.45) is 0.436. The Bertz CT molecular complexity index is 998. The first-order valence-electron chi connectivity index (χ1n) is 10.7. The second kappa shape index (κ2) is 8.46. The first-order valence-corrected chi connectivity index (χ1v) is 11.0. The van der Waals surface area contributed by atoms with Gasteiger partial charge in [0.25, 0.3) is 0 Å². The molecule has 0 bridgehead atoms. The molecule has 0 heterocycles. The van der Waals surface area contributed by atoms with Crippen LogP contribution in [0.5, 0.6) is 0 Å². The maximum atomic E-state index is 13.7. The fourth-order valence-electron chi connectivity index (χ4n) is 5.32. The molecule has 0 aromatic heterocycles. The van der Waals surface area contributed by atoms with Crippen molar-refractivity contribution in [3.05, 3.63) is 70.2 Å². The third-order valence-corrected chi connectivity index (χ3v) is 6.88. The van der Waals surface area contributed by atoms with Crippen molar-refractivity contribution < 1.29 is 23.9 Å². The molecule has 3 atom stereocenters. The van der Waals surface area contributed by atoms with Crippen molar-refractivity contribution in [1.82, 2.24) is 0 Å². The number of hydrogen-bond acceptors (Lipinski definition) is 5. The van der Waals surface area contributed by atoms with Gasteiger partial charge >= 0.3 is 11.9 Å². The predicted molar refractivity (Wildman–Crippen MR) is 116 cm³/mol. The summed E-state index contributed by atoms with van der Waals surface area (Å²) in [5, 5.41) is 0.395. The molecule has 1 saturated carbocycles. The highest BCUT2D eigenvalue weighted by Crippen LogP contribution is 2.60. The molecule has 6 heteroatoms. The zero-order valence-corrected chi connectivity index (χ0v) is 18.4. The Morgan fingerprint density at radius 3 is 2.23 bits per heavy atom. The molecule has 4 rings (SSSR count). The van der Waals surface area contributed by atoms with Crippen LogP contribution >= 0.6 is 11.6 Å². The molecule has 0 radical (unpaired) electrons. The van der Waals surface area contributed by atoms with Crippen LogP contribution in [-0.4, -0.2) is 30.9 Å². The lowest BCUT2D eigenvalue weighted by molar-refractivity contribution is -0.172. The number of benzene rings is 2. The van der Waals surface area contributed by atoms with Gasteiger partial charge in [-0.3, -0.25) is 14.4 Å². The number of fused-ring (bicyclic) bond motifs is 3. The van der Waals surface area contributed by atoms with Gasteiger partial charge in [-0.05, 0) is 55.7 Å². The van der Waals surface area contributed by atoms with Crippen molar-refractivity contribution in [1.29, 1.82) is 0 Å². The summed E-state index contributed by atoms with van der Waals surface area (Å²) in [6, 6.07) is 14.9. The summed E-state index contributed by atoms with van der Waals surface area (Å²) in [4.78, 5) is 39.9. The van der Waals surface area contributed by atoms with E-state index in [1.54, 1.807) is 19.9 Å². The van der Waals surface area contributed by atoms with Gasteiger partial charge in [0.15, 0.2) is 11.2 Å². The highest BCUT2D eigenvalue weighted by molar-refractivity contribution is 6.34. The van der Waals surface area contributed by atoms with Crippen LogP contribution in [0, 0.1) is 11.3 Å². The first-order chi connectivity index (χ1) is 14.9. The summed E-state index contributed by atoms with van der Waals surface area (Å²) in [5.41, 5.74) is 0.711. The molecule has 0 N–H and O–H groups in total. The molecule has 0 saturated heterocycles. The van der Waals surface area contributed by atoms with Crippen LogP contribution in [0.3, 0.4) is 0 Å². The van der Waals surface area contributed by atoms with Gasteiger partial charge < -0.3 is 9.47 Å². The monoisotopic (exact) mass is 440 g/mol. The van der Waals surface area contributed by atoms with E-state index >= 15 is 0 Å². The molecule has 2 aromatic rings. The number of esters is 2. The number of ether oxygens (including phenoxy) is 2. The van der Waals surface area contributed by atoms with Crippen molar-refractivity contribution in [2.45, 2.75) is 38.5 Å². The molecule has 1 fully saturated rings. The second-order valence-corrected chi connectivity index (χ2v) is 8.57. The van der Waals surface area contributed by atoms with Crippen LogP contribution in [0.2, 0.25) is 5.02 Å². The van der Waals surface area contributed by atoms with Gasteiger partial charge in [-0.1, -0.05) is 54.1 Å². The van der Waals surface area contributed by atoms with E-state index in [0.29, 0.717) is 10.6 Å². The average Bonchev–Trinajstić information content (AvgIpc) is 3.17. The lowest BCUT2D eigenvalue weighted by atomic mass is 9.67. The molecule has 5 nitrogen and oxygen atoms in total. The number of halogens is 1. The molecule has 2 aromatic carbocycles. The Hall–Kier alpha value is -2.66. The molecule has 31 heavy (non-hydrogen) atoms. The predicted octanol–water partition coefficient (Wildman–Crippen LogP) is 4.93. The van der Waals surface area contributed by atoms with Crippen LogP contribution in [0.1, 0.15) is 60.0 Å². The normalized spacial score (nSPS) is 23.6. The second-order valence-electron chi connectivity index (χ2n) is 8.16. The summed E-state index contributed by atoms with van der Waals surface area (Å²) in [6.45, 7) is 3.76. The first kappa shape index (κ1) is 21.6. The number of hydrogen-bond donors (Lipinski definition) is 0. The summed E-state index contributed by atoms with van der Waals surface area (Å²) < 4.78 is 10.7. The van der Waals surface area contributed by atoms with E-state index in [2.05, 4.69) is 0 Å². The standard InChI is InChI=1S/C25H25ClO5/c1-3-30-23(28)25(24(29)31-4-2)13-17-16-11-8-12-19(26)21(16)22(27)20(18(17)14-25)15-9-6-5-7-10-15/h5-12,17-18,20H,3-4,13-14H2,1-2H3/t17-,18-,20+/m1/s1. The number of carbonyl (C=O) groups is 3. The molecule has 162 valence electrons. The lowest BCUT2D eigenvalue weighted by Gasteiger charge is -2.35. The Labute approximate surface area is 186 Å². The van der Waals surface area contributed by atoms with Crippen molar-refractivity contribution in [3.8, 4) is 0 Å². The minimum absolute atomic E-state index is 0.0726. The Morgan fingerprint density at radius 1 is 0.968 bits per heavy atom. The molecule has 2 aliphatic rings. The van der Waals surface area contributed by atoms with Gasteiger partial charge in [0.05, 0.1) is 24.2 Å². The van der Waals surface area contributed by atoms with E-state index in [9.17, 15) is 14.4 Å². The van der Waals surface area contributed by atoms with Crippen LogP contribution in [0.4, 0.5) is 0 Å². The van der Waals surface area contributed by atoms with E-state index in [1.165, 1.54) is 0 Å². The number of Topliss-reactive ketones (excluding diaryl/α,β-unsaturated/α-hetero) is 1. The van der Waals surface area contributed by atoms with E-state index in [4.69, 9.17) is 21.1 Å². The Morgan fingerprint density at radius 2 is 1.61 bits per heavy atom. The van der Waals surface area contributed by atoms with Crippen LogP contribution < -0.4 is 0 Å². The molecule has 0 aliphatic heterocycles. The van der Waals surface area contributed by atoms with Crippen LogP contribution in [0.25, 0.3) is 0 Å². The number of carbonyl (C=O) groups excluding carboxylic acids is 3. The van der Waals surface area contributed by atoms with Crippen molar-refractivity contribution in [2.75, 3.05) is 13.2 Å². The van der Waals surface area contributed by atoms with Crippen LogP contribution in [-0.2, 0) is 19.1 Å². The van der Waals surface area contributed by atoms with E-state index in [0.717, 1.165) is 11.1 Å². The number of ketones is 1. The third-order valence-electron chi connectivity index (χ3n) is 6.56. The highest BCUT2D eigenvalue weighted by Gasteiger charge is 2.62. The SMILES string of the molecule is CCOC(=O)C1(C(=O)OCC)C[C@@H]2[C@H](C1)c1cccc(Cl)c1C(=O)[C@H]2c1ccccc1. The summed E-state index contributed by atoms with van der Waals surface area (Å²) >= 11 is 6.47. The zero-order valence-electron chi connectivity index (χ0n) is 17.6. The van der Waals surface area contributed by atoms with Gasteiger partial charge in [-0.25, -0.2) is 0 Å². The summed E-state index contributed by atoms with van der Waals surface area (Å²) in [5.74, 6) is -2.16. The molecule has 0 spiro atoms. The van der Waals surface area contributed by atoms with E-state index in [1.807, 2.05) is 42.5 Å². The maximum Gasteiger partial charge on any atom is 0.323 e. The fraction of sp³-hybridized carbons (Fsp3) is 0.400. The third kappa shape index (κ3) is 3.45. The maximum absolute atomic E-state index is 13.7. The van der Waals surface area contributed by atoms with Gasteiger partial charge in [-0.2, -0.15) is 0 Å². The molecule has 0 unspecified atom stereocenters. The molecular formula is C25H25ClO5. The minimum Gasteiger partial charge on any atom is -0.465 e. The largest absolute Gasteiger partial charge is 0.465 e. The van der Waals surface area contributed by atoms with E-state index in [-0.39, 0.29) is 43.7 Å². The molecule has 0 amide bonds. The van der Waals surface area contributed by atoms with Crippen molar-refractivity contribution >= 4 is 29.3 Å². The van der Waals surface area contributed by atoms with Gasteiger partial charge in [0.1, 0.15) is 0 Å². The van der Waals surface area contributed by atoms with E-state index < -0.39 is 23.3 Å². The topological polar surface area (TPSA) is 69.7 Å². The minimum atomic E-state index is -1.43. The van der Waals surface area contributed by atoms with Gasteiger partial charge in [0, 0.05) is 5.56 Å². The zero-order chi connectivity index (χ0) is 22.2. The smallest absolute Gasteiger partial charge is 0.323 e. The quantitative estimate of drug-likeness (QED) is 0.487. The van der Waals surface area contributed by atoms with Gasteiger partial charge in [0.2, 0.25) is 0 Å². The van der Waals surface area contributed by atoms with Crippen LogP contribution in [0.15, 0.2) is 48.5 Å². The van der Waals surface area contributed by atoms with Gasteiger partial charge in [-0.15, -0.1) is 0 Å². The van der Waals surface area contributed by atoms with Crippen molar-refractivity contribution in [3.63, 3.8) is 0 Å². The summed E-state index contributed by atoms with van der Waals surface area (Å²) in [7, 11) is 0. The average molecular weight is 441 g/mol. The highest BCUT2D eigenvalue weighted by atomic mass is 35.5. The lowest BCUT2D eigenvalue weighted by Crippen LogP contribution is -2.40. The molecular weight excluding hydrogens is 416 g/mol. The Kier molecular flexibility index (Phi) is 5.89. The van der Waals surface area contributed by atoms with Crippen molar-refractivity contribution in [2.24, 2.45) is 11.3 Å². The Balaban J connectivity index is 1.88. The number of rotatable bonds is 5. The molecule has 2 aliphatic carbocycles. The fourth-order valence-corrected chi connectivity index (χ4v) is 5.59.